The molecule has 0 atom stereocenters. The molecular weight excluding hydrogens is 208 g/mol. The monoisotopic (exact) mass is 218 g/mol. The van der Waals surface area contributed by atoms with Crippen molar-refractivity contribution in [2.45, 2.75) is 6.04 Å². The molecule has 1 saturated heterocycles. The standard InChI is InChI=1S/C10H10N4S/c1-2-9(13-7-5-15-6-7)14-10-8(1)11-3-4-12-10/h1-4,7H,5-6H2,(H,12,13,14). The summed E-state index contributed by atoms with van der Waals surface area (Å²) >= 11 is 1.95. The fourth-order valence-corrected chi connectivity index (χ4v) is 2.10. The predicted molar refractivity (Wildman–Crippen MR) is 62.1 cm³/mol. The second-order valence-electron chi connectivity index (χ2n) is 3.47. The topological polar surface area (TPSA) is 50.7 Å². The largest absolute Gasteiger partial charge is 0.366 e. The van der Waals surface area contributed by atoms with Crippen molar-refractivity contribution >= 4 is 28.7 Å². The SMILES string of the molecule is c1cnc2nc(NC3CSC3)ccc2n1. The van der Waals surface area contributed by atoms with Gasteiger partial charge in [0.15, 0.2) is 5.65 Å². The molecule has 0 amide bonds. The average Bonchev–Trinajstić information content (AvgIpc) is 2.23. The van der Waals surface area contributed by atoms with Crippen molar-refractivity contribution in [3.05, 3.63) is 24.5 Å². The van der Waals surface area contributed by atoms with E-state index in [4.69, 9.17) is 0 Å². The smallest absolute Gasteiger partial charge is 0.180 e. The third-order valence-corrected chi connectivity index (χ3v) is 3.60. The predicted octanol–water partition coefficient (Wildman–Crippen LogP) is 1.55. The maximum atomic E-state index is 4.40. The molecule has 3 heterocycles. The van der Waals surface area contributed by atoms with Gasteiger partial charge >= 0.3 is 0 Å². The van der Waals surface area contributed by atoms with Crippen LogP contribution in [0.5, 0.6) is 0 Å². The highest BCUT2D eigenvalue weighted by molar-refractivity contribution is 8.00. The van der Waals surface area contributed by atoms with E-state index in [1.54, 1.807) is 12.4 Å². The Bertz CT molecular complexity index is 484. The fraction of sp³-hybridized carbons (Fsp3) is 0.300. The summed E-state index contributed by atoms with van der Waals surface area (Å²) in [5.41, 5.74) is 1.54. The van der Waals surface area contributed by atoms with Gasteiger partial charge in [0, 0.05) is 29.9 Å². The molecule has 1 N–H and O–H groups in total. The van der Waals surface area contributed by atoms with E-state index in [2.05, 4.69) is 20.3 Å². The lowest BCUT2D eigenvalue weighted by Gasteiger charge is -2.26. The highest BCUT2D eigenvalue weighted by Crippen LogP contribution is 2.21. The zero-order chi connectivity index (χ0) is 10.1. The Labute approximate surface area is 91.5 Å². The Morgan fingerprint density at radius 3 is 2.87 bits per heavy atom. The van der Waals surface area contributed by atoms with E-state index in [0.29, 0.717) is 11.7 Å². The molecule has 76 valence electrons. The van der Waals surface area contributed by atoms with Gasteiger partial charge in [-0.25, -0.2) is 9.97 Å². The molecule has 1 aliphatic heterocycles. The van der Waals surface area contributed by atoms with Crippen molar-refractivity contribution in [2.24, 2.45) is 0 Å². The van der Waals surface area contributed by atoms with Gasteiger partial charge in [-0.3, -0.25) is 4.98 Å². The van der Waals surface area contributed by atoms with E-state index in [1.807, 2.05) is 23.9 Å². The Morgan fingerprint density at radius 1 is 1.20 bits per heavy atom. The third-order valence-electron chi connectivity index (χ3n) is 2.32. The van der Waals surface area contributed by atoms with Gasteiger partial charge in [0.05, 0.1) is 0 Å². The Hall–Kier alpha value is -1.36. The molecule has 2 aromatic heterocycles. The van der Waals surface area contributed by atoms with Crippen LogP contribution in [0.1, 0.15) is 0 Å². The highest BCUT2D eigenvalue weighted by atomic mass is 32.2. The molecule has 0 unspecified atom stereocenters. The lowest BCUT2D eigenvalue weighted by Crippen LogP contribution is -2.33. The Morgan fingerprint density at radius 2 is 2.07 bits per heavy atom. The number of hydrogen-bond acceptors (Lipinski definition) is 5. The minimum Gasteiger partial charge on any atom is -0.366 e. The summed E-state index contributed by atoms with van der Waals surface area (Å²) in [6.07, 6.45) is 3.35. The quantitative estimate of drug-likeness (QED) is 0.828. The maximum Gasteiger partial charge on any atom is 0.180 e. The molecule has 1 fully saturated rings. The molecule has 0 radical (unpaired) electrons. The number of nitrogens with one attached hydrogen (secondary N) is 1. The number of thioether (sulfide) groups is 1. The molecule has 0 saturated carbocycles. The highest BCUT2D eigenvalue weighted by Gasteiger charge is 2.17. The average molecular weight is 218 g/mol. The molecular formula is C10H10N4S. The normalized spacial score (nSPS) is 16.3. The summed E-state index contributed by atoms with van der Waals surface area (Å²) in [4.78, 5) is 12.8. The van der Waals surface area contributed by atoms with Crippen molar-refractivity contribution < 1.29 is 0 Å². The Kier molecular flexibility index (Phi) is 2.17. The second kappa shape index (κ2) is 3.66. The van der Waals surface area contributed by atoms with Crippen LogP contribution >= 0.6 is 11.8 Å². The lowest BCUT2D eigenvalue weighted by molar-refractivity contribution is 0.874. The van der Waals surface area contributed by atoms with E-state index in [-0.39, 0.29) is 0 Å². The zero-order valence-electron chi connectivity index (χ0n) is 8.05. The number of rotatable bonds is 2. The molecule has 0 bridgehead atoms. The molecule has 2 aromatic rings. The van der Waals surface area contributed by atoms with Crippen LogP contribution in [0.3, 0.4) is 0 Å². The minimum atomic E-state index is 0.566. The van der Waals surface area contributed by atoms with Crippen molar-refractivity contribution in [3.8, 4) is 0 Å². The molecule has 15 heavy (non-hydrogen) atoms. The van der Waals surface area contributed by atoms with Gasteiger partial charge in [-0.2, -0.15) is 11.8 Å². The minimum absolute atomic E-state index is 0.566. The van der Waals surface area contributed by atoms with Crippen LogP contribution in [0.15, 0.2) is 24.5 Å². The molecule has 5 heteroatoms. The first-order valence-corrected chi connectivity index (χ1v) is 5.99. The van der Waals surface area contributed by atoms with Crippen LogP contribution in [-0.2, 0) is 0 Å². The number of aromatic nitrogens is 3. The fourth-order valence-electron chi connectivity index (χ4n) is 1.46. The van der Waals surface area contributed by atoms with E-state index in [1.165, 1.54) is 11.5 Å². The van der Waals surface area contributed by atoms with E-state index in [0.717, 1.165) is 11.3 Å². The van der Waals surface area contributed by atoms with Gasteiger partial charge < -0.3 is 5.32 Å². The molecule has 1 aliphatic rings. The van der Waals surface area contributed by atoms with Crippen molar-refractivity contribution in [3.63, 3.8) is 0 Å². The number of anilines is 1. The second-order valence-corrected chi connectivity index (χ2v) is 4.55. The third kappa shape index (κ3) is 1.74. The number of pyridine rings is 1. The van der Waals surface area contributed by atoms with Crippen molar-refractivity contribution in [1.82, 2.24) is 15.0 Å². The first-order valence-electron chi connectivity index (χ1n) is 4.84. The first kappa shape index (κ1) is 8.91. The summed E-state index contributed by atoms with van der Waals surface area (Å²) in [7, 11) is 0. The molecule has 3 rings (SSSR count). The zero-order valence-corrected chi connectivity index (χ0v) is 8.87. The van der Waals surface area contributed by atoms with Crippen LogP contribution in [0, 0.1) is 0 Å². The summed E-state index contributed by atoms with van der Waals surface area (Å²) in [6, 6.07) is 4.47. The Balaban J connectivity index is 1.91. The van der Waals surface area contributed by atoms with Gasteiger partial charge in [-0.1, -0.05) is 0 Å². The number of nitrogens with zero attached hydrogens (tertiary/aromatic N) is 3. The molecule has 0 aromatic carbocycles. The molecule has 0 aliphatic carbocycles. The van der Waals surface area contributed by atoms with Crippen LogP contribution in [0.2, 0.25) is 0 Å². The summed E-state index contributed by atoms with van der Waals surface area (Å²) in [6.45, 7) is 0. The number of fused-ring (bicyclic) bond motifs is 1. The number of hydrogen-bond donors (Lipinski definition) is 1. The van der Waals surface area contributed by atoms with Gasteiger partial charge in [-0.15, -0.1) is 0 Å². The maximum absolute atomic E-state index is 4.40. The summed E-state index contributed by atoms with van der Waals surface area (Å²) < 4.78 is 0. The van der Waals surface area contributed by atoms with Crippen LogP contribution in [0.4, 0.5) is 5.82 Å². The molecule has 0 spiro atoms. The van der Waals surface area contributed by atoms with Crippen molar-refractivity contribution in [1.29, 1.82) is 0 Å². The molecule has 4 nitrogen and oxygen atoms in total. The van der Waals surface area contributed by atoms with Crippen LogP contribution < -0.4 is 5.32 Å². The van der Waals surface area contributed by atoms with Crippen LogP contribution in [-0.4, -0.2) is 32.5 Å². The first-order chi connectivity index (χ1) is 7.42. The van der Waals surface area contributed by atoms with E-state index in [9.17, 15) is 0 Å². The summed E-state index contributed by atoms with van der Waals surface area (Å²) in [5, 5.41) is 3.37. The van der Waals surface area contributed by atoms with Crippen molar-refractivity contribution in [2.75, 3.05) is 16.8 Å². The van der Waals surface area contributed by atoms with Gasteiger partial charge in [0.25, 0.3) is 0 Å². The van der Waals surface area contributed by atoms with Gasteiger partial charge in [-0.05, 0) is 12.1 Å². The van der Waals surface area contributed by atoms with E-state index < -0.39 is 0 Å². The van der Waals surface area contributed by atoms with E-state index >= 15 is 0 Å². The van der Waals surface area contributed by atoms with Gasteiger partial charge in [0.2, 0.25) is 0 Å². The summed E-state index contributed by atoms with van der Waals surface area (Å²) in [5.74, 6) is 3.23. The van der Waals surface area contributed by atoms with Gasteiger partial charge in [0.1, 0.15) is 11.3 Å². The van der Waals surface area contributed by atoms with Crippen LogP contribution in [0.25, 0.3) is 11.2 Å². The lowest BCUT2D eigenvalue weighted by atomic mass is 10.3.